The van der Waals surface area contributed by atoms with E-state index in [9.17, 15) is 10.2 Å². The van der Waals surface area contributed by atoms with Gasteiger partial charge in [-0.3, -0.25) is 0 Å². The molecular weight excluding hydrogens is 164 g/mol. The van der Waals surface area contributed by atoms with Crippen LogP contribution < -0.4 is 0 Å². The number of hydrogen-bond acceptors (Lipinski definition) is 2. The van der Waals surface area contributed by atoms with Crippen molar-refractivity contribution in [2.24, 2.45) is 11.8 Å². The summed E-state index contributed by atoms with van der Waals surface area (Å²) in [7, 11) is 0. The van der Waals surface area contributed by atoms with Crippen LogP contribution in [0.4, 0.5) is 0 Å². The second-order valence-electron chi connectivity index (χ2n) is 4.14. The van der Waals surface area contributed by atoms with Gasteiger partial charge in [-0.05, 0) is 18.3 Å². The Morgan fingerprint density at radius 2 is 1.15 bits per heavy atom. The van der Waals surface area contributed by atoms with Gasteiger partial charge in [0.1, 0.15) is 0 Å². The monoisotopic (exact) mass is 188 g/mol. The fourth-order valence-corrected chi connectivity index (χ4v) is 1.26. The predicted octanol–water partition coefficient (Wildman–Crippen LogP) is 2.19. The first-order valence-corrected chi connectivity index (χ1v) is 5.38. The van der Waals surface area contributed by atoms with Crippen molar-refractivity contribution in [3.63, 3.8) is 0 Å². The van der Waals surface area contributed by atoms with Gasteiger partial charge in [0.25, 0.3) is 0 Å². The quantitative estimate of drug-likeness (QED) is 0.671. The van der Waals surface area contributed by atoms with E-state index in [1.165, 1.54) is 0 Å². The minimum atomic E-state index is -0.353. The molecule has 0 fully saturated rings. The average molecular weight is 188 g/mol. The first-order valence-electron chi connectivity index (χ1n) is 5.38. The normalized spacial score (nSPS) is 20.8. The van der Waals surface area contributed by atoms with Gasteiger partial charge in [0.05, 0.1) is 12.2 Å². The van der Waals surface area contributed by atoms with Crippen molar-refractivity contribution in [3.05, 3.63) is 0 Å². The lowest BCUT2D eigenvalue weighted by atomic mass is 9.91. The Morgan fingerprint density at radius 3 is 1.38 bits per heavy atom. The lowest BCUT2D eigenvalue weighted by Crippen LogP contribution is -2.27. The summed E-state index contributed by atoms with van der Waals surface area (Å²) < 4.78 is 0. The molecule has 0 heterocycles. The van der Waals surface area contributed by atoms with Crippen LogP contribution in [0.1, 0.15) is 47.0 Å². The summed E-state index contributed by atoms with van der Waals surface area (Å²) in [5.41, 5.74) is 0. The van der Waals surface area contributed by atoms with E-state index in [1.54, 1.807) is 0 Å². The molecule has 0 bridgehead atoms. The van der Waals surface area contributed by atoms with Gasteiger partial charge >= 0.3 is 0 Å². The maximum absolute atomic E-state index is 9.67. The average Bonchev–Trinajstić information content (AvgIpc) is 2.14. The topological polar surface area (TPSA) is 40.5 Å². The van der Waals surface area contributed by atoms with Gasteiger partial charge in [-0.15, -0.1) is 0 Å². The molecule has 80 valence electrons. The van der Waals surface area contributed by atoms with Crippen LogP contribution in [0.2, 0.25) is 0 Å². The summed E-state index contributed by atoms with van der Waals surface area (Å²) in [6.07, 6.45) is 1.75. The van der Waals surface area contributed by atoms with E-state index in [2.05, 4.69) is 13.8 Å². The van der Waals surface area contributed by atoms with E-state index in [4.69, 9.17) is 0 Å². The number of rotatable bonds is 6. The molecule has 0 aromatic heterocycles. The van der Waals surface area contributed by atoms with Crippen molar-refractivity contribution in [2.75, 3.05) is 0 Å². The molecule has 2 nitrogen and oxygen atoms in total. The third-order valence-corrected chi connectivity index (χ3v) is 3.08. The molecular formula is C11H24O2. The highest BCUT2D eigenvalue weighted by Crippen LogP contribution is 2.18. The van der Waals surface area contributed by atoms with Crippen LogP contribution in [0.3, 0.4) is 0 Å². The Balaban J connectivity index is 3.83. The maximum atomic E-state index is 9.67. The van der Waals surface area contributed by atoms with Gasteiger partial charge in [-0.2, -0.15) is 0 Å². The Hall–Kier alpha value is -0.0800. The van der Waals surface area contributed by atoms with Gasteiger partial charge in [0.15, 0.2) is 0 Å². The molecule has 0 saturated carbocycles. The van der Waals surface area contributed by atoms with E-state index >= 15 is 0 Å². The van der Waals surface area contributed by atoms with Gasteiger partial charge < -0.3 is 10.2 Å². The fraction of sp³-hybridized carbons (Fsp3) is 1.00. The minimum Gasteiger partial charge on any atom is -0.393 e. The molecule has 2 N–H and O–H groups in total. The third-order valence-electron chi connectivity index (χ3n) is 3.08. The second kappa shape index (κ2) is 6.39. The summed E-state index contributed by atoms with van der Waals surface area (Å²) in [4.78, 5) is 0. The summed E-state index contributed by atoms with van der Waals surface area (Å²) in [6, 6.07) is 0. The lowest BCUT2D eigenvalue weighted by molar-refractivity contribution is 0.0234. The number of aliphatic hydroxyl groups is 2. The molecule has 0 radical (unpaired) electrons. The molecule has 0 saturated heterocycles. The van der Waals surface area contributed by atoms with Crippen LogP contribution in [0.15, 0.2) is 0 Å². The molecule has 13 heavy (non-hydrogen) atoms. The third kappa shape index (κ3) is 4.63. The molecule has 0 aromatic carbocycles. The van der Waals surface area contributed by atoms with Crippen LogP contribution in [0.5, 0.6) is 0 Å². The maximum Gasteiger partial charge on any atom is 0.0590 e. The molecule has 0 rings (SSSR count). The molecule has 4 unspecified atom stereocenters. The van der Waals surface area contributed by atoms with Crippen molar-refractivity contribution >= 4 is 0 Å². The Bertz CT molecular complexity index is 111. The molecule has 4 atom stereocenters. The van der Waals surface area contributed by atoms with Gasteiger partial charge in [0, 0.05) is 0 Å². The Morgan fingerprint density at radius 1 is 0.846 bits per heavy atom. The summed E-state index contributed by atoms with van der Waals surface area (Å²) in [6.45, 7) is 8.16. The highest BCUT2D eigenvalue weighted by Gasteiger charge is 2.20. The lowest BCUT2D eigenvalue weighted by Gasteiger charge is -2.23. The number of hydrogen-bond donors (Lipinski definition) is 2. The van der Waals surface area contributed by atoms with Crippen LogP contribution in [-0.4, -0.2) is 22.4 Å². The van der Waals surface area contributed by atoms with Crippen molar-refractivity contribution in [3.8, 4) is 0 Å². The molecule has 2 heteroatoms. The van der Waals surface area contributed by atoms with Crippen LogP contribution >= 0.6 is 0 Å². The highest BCUT2D eigenvalue weighted by atomic mass is 16.3. The SMILES string of the molecule is CCC(C)C(O)CC(O)C(C)CC. The smallest absolute Gasteiger partial charge is 0.0590 e. The molecule has 0 aliphatic rings. The van der Waals surface area contributed by atoms with Gasteiger partial charge in [0.2, 0.25) is 0 Å². The van der Waals surface area contributed by atoms with E-state index in [0.717, 1.165) is 12.8 Å². The van der Waals surface area contributed by atoms with Crippen molar-refractivity contribution in [2.45, 2.75) is 59.2 Å². The molecule has 0 amide bonds. The zero-order valence-electron chi connectivity index (χ0n) is 9.33. The summed E-state index contributed by atoms with van der Waals surface area (Å²) >= 11 is 0. The van der Waals surface area contributed by atoms with Crippen molar-refractivity contribution in [1.82, 2.24) is 0 Å². The molecule has 0 spiro atoms. The Kier molecular flexibility index (Phi) is 6.35. The summed E-state index contributed by atoms with van der Waals surface area (Å²) in [5.74, 6) is 0.581. The van der Waals surface area contributed by atoms with Crippen LogP contribution in [0, 0.1) is 11.8 Å². The molecule has 0 aromatic rings. The molecule has 0 aliphatic carbocycles. The largest absolute Gasteiger partial charge is 0.393 e. The Labute approximate surface area is 82.0 Å². The zero-order chi connectivity index (χ0) is 10.4. The van der Waals surface area contributed by atoms with Gasteiger partial charge in [-0.25, -0.2) is 0 Å². The zero-order valence-corrected chi connectivity index (χ0v) is 9.33. The van der Waals surface area contributed by atoms with E-state index in [0.29, 0.717) is 18.3 Å². The number of aliphatic hydroxyl groups excluding tert-OH is 2. The first kappa shape index (κ1) is 12.9. The highest BCUT2D eigenvalue weighted by molar-refractivity contribution is 4.71. The van der Waals surface area contributed by atoms with Crippen molar-refractivity contribution in [1.29, 1.82) is 0 Å². The van der Waals surface area contributed by atoms with Crippen LogP contribution in [-0.2, 0) is 0 Å². The minimum absolute atomic E-state index is 0.290. The van der Waals surface area contributed by atoms with E-state index in [1.807, 2.05) is 13.8 Å². The fourth-order valence-electron chi connectivity index (χ4n) is 1.26. The first-order chi connectivity index (χ1) is 6.02. The van der Waals surface area contributed by atoms with E-state index in [-0.39, 0.29) is 12.2 Å². The second-order valence-corrected chi connectivity index (χ2v) is 4.14. The van der Waals surface area contributed by atoms with E-state index < -0.39 is 0 Å². The standard InChI is InChI=1S/C11H24O2/c1-5-8(3)10(12)7-11(13)9(4)6-2/h8-13H,5-7H2,1-4H3. The molecule has 0 aliphatic heterocycles. The van der Waals surface area contributed by atoms with Crippen molar-refractivity contribution < 1.29 is 10.2 Å². The van der Waals surface area contributed by atoms with Gasteiger partial charge in [-0.1, -0.05) is 40.5 Å². The summed E-state index contributed by atoms with van der Waals surface area (Å²) in [5, 5.41) is 19.3. The predicted molar refractivity (Wildman–Crippen MR) is 55.5 cm³/mol. The van der Waals surface area contributed by atoms with Crippen LogP contribution in [0.25, 0.3) is 0 Å².